The maximum Gasteiger partial charge on any atom is 0.326 e. The Morgan fingerprint density at radius 2 is 2.16 bits per heavy atom. The van der Waals surface area contributed by atoms with Crippen molar-refractivity contribution in [1.29, 1.82) is 0 Å². The van der Waals surface area contributed by atoms with E-state index in [9.17, 15) is 9.59 Å². The molecule has 1 amide bonds. The number of nitrogens with zero attached hydrogens (tertiary/aromatic N) is 1. The summed E-state index contributed by atoms with van der Waals surface area (Å²) >= 11 is 1.35. The summed E-state index contributed by atoms with van der Waals surface area (Å²) in [5.41, 5.74) is 5.08. The first-order valence-electron chi connectivity index (χ1n) is 5.94. The van der Waals surface area contributed by atoms with E-state index in [0.717, 1.165) is 5.01 Å². The molecule has 0 saturated heterocycles. The van der Waals surface area contributed by atoms with Crippen molar-refractivity contribution < 1.29 is 14.7 Å². The quantitative estimate of drug-likeness (QED) is 0.744. The van der Waals surface area contributed by atoms with Crippen LogP contribution in [0.2, 0.25) is 0 Å². The molecule has 4 N–H and O–H groups in total. The average Bonchev–Trinajstić information content (AvgIpc) is 2.72. The maximum atomic E-state index is 12.0. The van der Waals surface area contributed by atoms with Gasteiger partial charge in [0.05, 0.1) is 5.01 Å². The standard InChI is InChI=1S/C12H19N3O3S/c1-12(2,3)9(11(17)18)15-10(16)7-6-19-8(14-7)4-5-13/h6,9H,4-5,13H2,1-3H3,(H,15,16)(H,17,18)/t9-/m1/s1. The summed E-state index contributed by atoms with van der Waals surface area (Å²) in [5.74, 6) is -1.53. The Kier molecular flexibility index (Phi) is 5.02. The number of amides is 1. The molecular formula is C12H19N3O3S. The number of aliphatic carboxylic acids is 1. The zero-order valence-corrected chi connectivity index (χ0v) is 12.1. The lowest BCUT2D eigenvalue weighted by Crippen LogP contribution is -2.49. The second-order valence-corrected chi connectivity index (χ2v) is 6.22. The molecule has 1 heterocycles. The zero-order valence-electron chi connectivity index (χ0n) is 11.3. The minimum absolute atomic E-state index is 0.240. The lowest BCUT2D eigenvalue weighted by Gasteiger charge is -2.27. The summed E-state index contributed by atoms with van der Waals surface area (Å²) in [6.45, 7) is 5.74. The fourth-order valence-corrected chi connectivity index (χ4v) is 2.30. The van der Waals surface area contributed by atoms with Crippen LogP contribution in [-0.4, -0.2) is 34.6 Å². The third-order valence-corrected chi connectivity index (χ3v) is 3.44. The molecule has 1 rings (SSSR count). The number of nitrogens with two attached hydrogens (primary N) is 1. The molecule has 0 saturated carbocycles. The molecule has 106 valence electrons. The highest BCUT2D eigenvalue weighted by Crippen LogP contribution is 2.20. The summed E-state index contributed by atoms with van der Waals surface area (Å²) in [6, 6.07) is -0.959. The van der Waals surface area contributed by atoms with Crippen molar-refractivity contribution in [2.45, 2.75) is 33.2 Å². The van der Waals surface area contributed by atoms with E-state index in [2.05, 4.69) is 10.3 Å². The first-order valence-corrected chi connectivity index (χ1v) is 6.82. The van der Waals surface area contributed by atoms with Crippen molar-refractivity contribution >= 4 is 23.2 Å². The predicted octanol–water partition coefficient (Wildman–Crippen LogP) is 0.873. The summed E-state index contributed by atoms with van der Waals surface area (Å²) in [6.07, 6.45) is 0.611. The molecule has 1 atom stereocenters. The second-order valence-electron chi connectivity index (χ2n) is 5.28. The van der Waals surface area contributed by atoms with E-state index >= 15 is 0 Å². The number of nitrogens with one attached hydrogen (secondary N) is 1. The van der Waals surface area contributed by atoms with E-state index in [-0.39, 0.29) is 5.69 Å². The van der Waals surface area contributed by atoms with Crippen LogP contribution in [0.3, 0.4) is 0 Å². The Labute approximate surface area is 116 Å². The van der Waals surface area contributed by atoms with Crippen molar-refractivity contribution in [2.75, 3.05) is 6.54 Å². The van der Waals surface area contributed by atoms with Gasteiger partial charge in [-0.1, -0.05) is 20.8 Å². The molecule has 0 radical (unpaired) electrons. The minimum atomic E-state index is -1.06. The molecule has 7 heteroatoms. The zero-order chi connectivity index (χ0) is 14.6. The van der Waals surface area contributed by atoms with Crippen molar-refractivity contribution in [1.82, 2.24) is 10.3 Å². The monoisotopic (exact) mass is 285 g/mol. The third kappa shape index (κ3) is 4.29. The van der Waals surface area contributed by atoms with E-state index in [0.29, 0.717) is 13.0 Å². The highest BCUT2D eigenvalue weighted by molar-refractivity contribution is 7.09. The first-order chi connectivity index (χ1) is 8.75. The van der Waals surface area contributed by atoms with E-state index in [1.54, 1.807) is 26.2 Å². The first kappa shape index (κ1) is 15.6. The summed E-state index contributed by atoms with van der Waals surface area (Å²) in [4.78, 5) is 27.3. The molecule has 0 aromatic carbocycles. The molecule has 0 bridgehead atoms. The highest BCUT2D eigenvalue weighted by Gasteiger charge is 2.33. The van der Waals surface area contributed by atoms with Crippen LogP contribution < -0.4 is 11.1 Å². The molecule has 1 aromatic heterocycles. The Morgan fingerprint density at radius 1 is 1.53 bits per heavy atom. The topological polar surface area (TPSA) is 105 Å². The number of carboxylic acid groups (broad SMARTS) is 1. The van der Waals surface area contributed by atoms with Gasteiger partial charge in [-0.25, -0.2) is 9.78 Å². The summed E-state index contributed by atoms with van der Waals surface area (Å²) in [7, 11) is 0. The molecular weight excluding hydrogens is 266 g/mol. The number of carbonyl (C=O) groups is 2. The van der Waals surface area contributed by atoms with Crippen molar-refractivity contribution in [3.8, 4) is 0 Å². The van der Waals surface area contributed by atoms with Crippen molar-refractivity contribution in [3.05, 3.63) is 16.1 Å². The fourth-order valence-electron chi connectivity index (χ4n) is 1.51. The number of rotatable bonds is 5. The average molecular weight is 285 g/mol. The molecule has 0 fully saturated rings. The maximum absolute atomic E-state index is 12.0. The van der Waals surface area contributed by atoms with E-state index in [1.807, 2.05) is 0 Å². The van der Waals surface area contributed by atoms with E-state index in [1.165, 1.54) is 11.3 Å². The van der Waals surface area contributed by atoms with Crippen molar-refractivity contribution in [2.24, 2.45) is 11.1 Å². The van der Waals surface area contributed by atoms with E-state index in [4.69, 9.17) is 10.8 Å². The van der Waals surface area contributed by atoms with Crippen molar-refractivity contribution in [3.63, 3.8) is 0 Å². The lowest BCUT2D eigenvalue weighted by molar-refractivity contribution is -0.142. The fraction of sp³-hybridized carbons (Fsp3) is 0.583. The number of thiazole rings is 1. The Morgan fingerprint density at radius 3 is 2.63 bits per heavy atom. The smallest absolute Gasteiger partial charge is 0.326 e. The van der Waals surface area contributed by atoms with E-state index < -0.39 is 23.3 Å². The molecule has 0 spiro atoms. The van der Waals surface area contributed by atoms with Gasteiger partial charge in [0.15, 0.2) is 0 Å². The second kappa shape index (κ2) is 6.12. The van der Waals surface area contributed by atoms with Gasteiger partial charge in [-0.2, -0.15) is 0 Å². The van der Waals surface area contributed by atoms with Crippen LogP contribution in [0.25, 0.3) is 0 Å². The molecule has 0 aliphatic rings. The molecule has 0 unspecified atom stereocenters. The SMILES string of the molecule is CC(C)(C)[C@H](NC(=O)c1csc(CCN)n1)C(=O)O. The van der Waals surface area contributed by atoms with Gasteiger partial charge in [0.1, 0.15) is 11.7 Å². The van der Waals surface area contributed by atoms with Gasteiger partial charge in [-0.05, 0) is 12.0 Å². The van der Waals surface area contributed by atoms with Crippen LogP contribution in [0, 0.1) is 5.41 Å². The van der Waals surface area contributed by atoms with Crippen LogP contribution in [-0.2, 0) is 11.2 Å². The van der Waals surface area contributed by atoms with Crippen LogP contribution >= 0.6 is 11.3 Å². The Bertz CT molecular complexity index is 465. The molecule has 1 aromatic rings. The van der Waals surface area contributed by atoms with Gasteiger partial charge in [-0.3, -0.25) is 4.79 Å². The molecule has 6 nitrogen and oxygen atoms in total. The highest BCUT2D eigenvalue weighted by atomic mass is 32.1. The van der Waals surface area contributed by atoms with Gasteiger partial charge in [0.2, 0.25) is 0 Å². The van der Waals surface area contributed by atoms with Crippen LogP contribution in [0.5, 0.6) is 0 Å². The van der Waals surface area contributed by atoms with Gasteiger partial charge in [0, 0.05) is 11.8 Å². The Balaban J connectivity index is 2.79. The largest absolute Gasteiger partial charge is 0.480 e. The predicted molar refractivity (Wildman–Crippen MR) is 73.2 cm³/mol. The summed E-state index contributed by atoms with van der Waals surface area (Å²) in [5, 5.41) is 14.0. The van der Waals surface area contributed by atoms with Crippen LogP contribution in [0.1, 0.15) is 36.3 Å². The van der Waals surface area contributed by atoms with Crippen LogP contribution in [0.15, 0.2) is 5.38 Å². The van der Waals surface area contributed by atoms with Gasteiger partial charge < -0.3 is 16.2 Å². The number of carbonyl (C=O) groups excluding carboxylic acids is 1. The third-order valence-electron chi connectivity index (χ3n) is 2.53. The summed E-state index contributed by atoms with van der Waals surface area (Å²) < 4.78 is 0. The van der Waals surface area contributed by atoms with Gasteiger partial charge in [0.25, 0.3) is 5.91 Å². The molecule has 19 heavy (non-hydrogen) atoms. The van der Waals surface area contributed by atoms with Crippen LogP contribution in [0.4, 0.5) is 0 Å². The number of carboxylic acids is 1. The number of hydrogen-bond acceptors (Lipinski definition) is 5. The van der Waals surface area contributed by atoms with Gasteiger partial charge in [-0.15, -0.1) is 11.3 Å². The molecule has 0 aliphatic carbocycles. The molecule has 0 aliphatic heterocycles. The number of hydrogen-bond donors (Lipinski definition) is 3. The minimum Gasteiger partial charge on any atom is -0.480 e. The van der Waals surface area contributed by atoms with Gasteiger partial charge >= 0.3 is 5.97 Å². The Hall–Kier alpha value is -1.47. The normalized spacial score (nSPS) is 13.1. The lowest BCUT2D eigenvalue weighted by atomic mass is 9.87. The number of aromatic nitrogens is 1.